The van der Waals surface area contributed by atoms with E-state index in [1.807, 2.05) is 19.1 Å². The van der Waals surface area contributed by atoms with E-state index < -0.39 is 10.0 Å². The fraction of sp³-hybridized carbons (Fsp3) is 0.391. The molecule has 8 nitrogen and oxygen atoms in total. The van der Waals surface area contributed by atoms with Gasteiger partial charge in [0.15, 0.2) is 0 Å². The molecule has 1 saturated heterocycles. The van der Waals surface area contributed by atoms with Gasteiger partial charge in [-0.3, -0.25) is 9.59 Å². The molecule has 0 unspecified atom stereocenters. The quantitative estimate of drug-likeness (QED) is 0.637. The first-order valence-corrected chi connectivity index (χ1v) is 11.9. The molecule has 1 fully saturated rings. The van der Waals surface area contributed by atoms with Crippen molar-refractivity contribution in [2.75, 3.05) is 32.1 Å². The van der Waals surface area contributed by atoms with E-state index in [0.717, 1.165) is 5.56 Å². The van der Waals surface area contributed by atoms with Crippen molar-refractivity contribution in [3.05, 3.63) is 53.6 Å². The summed E-state index contributed by atoms with van der Waals surface area (Å²) in [6.45, 7) is 4.33. The Labute approximate surface area is 188 Å². The second-order valence-electron chi connectivity index (χ2n) is 7.56. The fourth-order valence-electron chi connectivity index (χ4n) is 3.70. The van der Waals surface area contributed by atoms with Gasteiger partial charge in [0, 0.05) is 18.7 Å². The van der Waals surface area contributed by atoms with Crippen molar-refractivity contribution in [1.29, 1.82) is 0 Å². The predicted octanol–water partition coefficient (Wildman–Crippen LogP) is 3.22. The number of sulfonamides is 1. The maximum Gasteiger partial charge on any atom is 0.309 e. The lowest BCUT2D eigenvalue weighted by atomic mass is 9.98. The van der Waals surface area contributed by atoms with Crippen LogP contribution in [-0.4, -0.2) is 51.4 Å². The summed E-state index contributed by atoms with van der Waals surface area (Å²) in [5.41, 5.74) is 1.56. The van der Waals surface area contributed by atoms with Gasteiger partial charge in [-0.2, -0.15) is 4.31 Å². The van der Waals surface area contributed by atoms with E-state index in [9.17, 15) is 18.0 Å². The highest BCUT2D eigenvalue weighted by atomic mass is 32.2. The number of hydrogen-bond acceptors (Lipinski definition) is 6. The highest BCUT2D eigenvalue weighted by Gasteiger charge is 2.33. The molecule has 1 amide bonds. The van der Waals surface area contributed by atoms with Crippen LogP contribution in [0.25, 0.3) is 0 Å². The average molecular weight is 461 g/mol. The van der Waals surface area contributed by atoms with E-state index in [2.05, 4.69) is 5.32 Å². The summed E-state index contributed by atoms with van der Waals surface area (Å²) in [6, 6.07) is 11.5. The van der Waals surface area contributed by atoms with Crippen LogP contribution in [0.1, 0.15) is 35.7 Å². The van der Waals surface area contributed by atoms with Gasteiger partial charge in [0.2, 0.25) is 10.0 Å². The van der Waals surface area contributed by atoms with Gasteiger partial charge in [-0.05, 0) is 56.5 Å². The van der Waals surface area contributed by atoms with Gasteiger partial charge >= 0.3 is 5.97 Å². The van der Waals surface area contributed by atoms with Gasteiger partial charge in [0.25, 0.3) is 5.91 Å². The van der Waals surface area contributed by atoms with Crippen molar-refractivity contribution < 1.29 is 27.5 Å². The van der Waals surface area contributed by atoms with E-state index in [-0.39, 0.29) is 41.5 Å². The van der Waals surface area contributed by atoms with Crippen LogP contribution >= 0.6 is 0 Å². The standard InChI is InChI=1S/C23H28N2O6S/c1-4-31-23(27)17-11-13-25(14-12-17)32(28,29)18-9-10-21(30-3)20(15-18)24-22(26)19-8-6-5-7-16(19)2/h5-10,15,17H,4,11-14H2,1-3H3,(H,24,26). The molecule has 172 valence electrons. The van der Waals surface area contributed by atoms with Gasteiger partial charge in [-0.1, -0.05) is 18.2 Å². The predicted molar refractivity (Wildman–Crippen MR) is 120 cm³/mol. The van der Waals surface area contributed by atoms with Gasteiger partial charge in [-0.15, -0.1) is 0 Å². The zero-order chi connectivity index (χ0) is 23.3. The zero-order valence-electron chi connectivity index (χ0n) is 18.5. The van der Waals surface area contributed by atoms with E-state index in [4.69, 9.17) is 9.47 Å². The summed E-state index contributed by atoms with van der Waals surface area (Å²) < 4.78 is 38.1. The molecule has 32 heavy (non-hydrogen) atoms. The summed E-state index contributed by atoms with van der Waals surface area (Å²) in [7, 11) is -2.35. The third-order valence-corrected chi connectivity index (χ3v) is 7.42. The first-order chi connectivity index (χ1) is 15.3. The Kier molecular flexibility index (Phi) is 7.52. The molecular formula is C23H28N2O6S. The molecule has 1 N–H and O–H groups in total. The summed E-state index contributed by atoms with van der Waals surface area (Å²) in [5, 5.41) is 2.76. The van der Waals surface area contributed by atoms with Crippen LogP contribution in [0.2, 0.25) is 0 Å². The Morgan fingerprint density at radius 1 is 1.12 bits per heavy atom. The van der Waals surface area contributed by atoms with Gasteiger partial charge in [-0.25, -0.2) is 8.42 Å². The second-order valence-corrected chi connectivity index (χ2v) is 9.50. The van der Waals surface area contributed by atoms with Crippen LogP contribution in [0.4, 0.5) is 5.69 Å². The van der Waals surface area contributed by atoms with Crippen LogP contribution in [0.3, 0.4) is 0 Å². The van der Waals surface area contributed by atoms with E-state index in [1.165, 1.54) is 29.6 Å². The summed E-state index contributed by atoms with van der Waals surface area (Å²) in [4.78, 5) is 24.7. The highest BCUT2D eigenvalue weighted by Crippen LogP contribution is 2.31. The molecule has 0 saturated carbocycles. The molecule has 1 heterocycles. The van der Waals surface area contributed by atoms with Gasteiger partial charge in [0.1, 0.15) is 5.75 Å². The van der Waals surface area contributed by atoms with E-state index in [0.29, 0.717) is 30.8 Å². The molecule has 0 aliphatic carbocycles. The number of carbonyl (C=O) groups excluding carboxylic acids is 2. The maximum atomic E-state index is 13.2. The molecule has 0 spiro atoms. The van der Waals surface area contributed by atoms with Crippen molar-refractivity contribution >= 4 is 27.6 Å². The van der Waals surface area contributed by atoms with E-state index >= 15 is 0 Å². The number of aryl methyl sites for hydroxylation is 1. The Morgan fingerprint density at radius 2 is 1.81 bits per heavy atom. The maximum absolute atomic E-state index is 13.2. The number of esters is 1. The molecule has 3 rings (SSSR count). The monoisotopic (exact) mass is 460 g/mol. The topological polar surface area (TPSA) is 102 Å². The Morgan fingerprint density at radius 3 is 2.44 bits per heavy atom. The molecule has 0 aromatic heterocycles. The Balaban J connectivity index is 1.80. The summed E-state index contributed by atoms with van der Waals surface area (Å²) in [5.74, 6) is -0.575. The van der Waals surface area contributed by atoms with Crippen molar-refractivity contribution in [3.63, 3.8) is 0 Å². The number of amides is 1. The number of hydrogen-bond donors (Lipinski definition) is 1. The second kappa shape index (κ2) is 10.1. The number of piperidine rings is 1. The number of nitrogens with zero attached hydrogens (tertiary/aromatic N) is 1. The minimum atomic E-state index is -3.81. The number of benzene rings is 2. The number of rotatable bonds is 7. The lowest BCUT2D eigenvalue weighted by Gasteiger charge is -2.30. The SMILES string of the molecule is CCOC(=O)C1CCN(S(=O)(=O)c2ccc(OC)c(NC(=O)c3ccccc3C)c2)CC1. The molecule has 0 radical (unpaired) electrons. The molecule has 9 heteroatoms. The molecule has 2 aromatic carbocycles. The van der Waals surface area contributed by atoms with Crippen molar-refractivity contribution in [3.8, 4) is 5.75 Å². The van der Waals surface area contributed by atoms with Crippen molar-refractivity contribution in [2.45, 2.75) is 31.6 Å². The van der Waals surface area contributed by atoms with Crippen LogP contribution < -0.4 is 10.1 Å². The zero-order valence-corrected chi connectivity index (χ0v) is 19.3. The molecular weight excluding hydrogens is 432 g/mol. The largest absolute Gasteiger partial charge is 0.495 e. The van der Waals surface area contributed by atoms with Crippen LogP contribution in [0, 0.1) is 12.8 Å². The third kappa shape index (κ3) is 5.11. The normalized spacial score (nSPS) is 15.2. The van der Waals surface area contributed by atoms with E-state index in [1.54, 1.807) is 19.1 Å². The summed E-state index contributed by atoms with van der Waals surface area (Å²) in [6.07, 6.45) is 0.816. The molecule has 0 bridgehead atoms. The highest BCUT2D eigenvalue weighted by molar-refractivity contribution is 7.89. The molecule has 1 aliphatic rings. The molecule has 1 aliphatic heterocycles. The molecule has 0 atom stereocenters. The summed E-state index contributed by atoms with van der Waals surface area (Å²) >= 11 is 0. The van der Waals surface area contributed by atoms with Crippen LogP contribution in [-0.2, 0) is 19.6 Å². The fourth-order valence-corrected chi connectivity index (χ4v) is 5.20. The Hall–Kier alpha value is -2.91. The first-order valence-electron chi connectivity index (χ1n) is 10.5. The Bertz CT molecular complexity index is 1090. The van der Waals surface area contributed by atoms with Gasteiger partial charge in [0.05, 0.1) is 30.2 Å². The minimum absolute atomic E-state index is 0.0490. The smallest absolute Gasteiger partial charge is 0.309 e. The first kappa shape index (κ1) is 23.7. The lowest BCUT2D eigenvalue weighted by molar-refractivity contribution is -0.149. The van der Waals surface area contributed by atoms with Crippen LogP contribution in [0.5, 0.6) is 5.75 Å². The minimum Gasteiger partial charge on any atom is -0.495 e. The third-order valence-electron chi connectivity index (χ3n) is 5.52. The molecule has 2 aromatic rings. The van der Waals surface area contributed by atoms with Crippen molar-refractivity contribution in [1.82, 2.24) is 4.31 Å². The number of nitrogens with one attached hydrogen (secondary N) is 1. The number of methoxy groups -OCH3 is 1. The number of ether oxygens (including phenoxy) is 2. The lowest BCUT2D eigenvalue weighted by Crippen LogP contribution is -2.40. The van der Waals surface area contributed by atoms with Gasteiger partial charge < -0.3 is 14.8 Å². The number of carbonyl (C=O) groups is 2. The number of anilines is 1. The van der Waals surface area contributed by atoms with Crippen LogP contribution in [0.15, 0.2) is 47.4 Å². The average Bonchev–Trinajstić information content (AvgIpc) is 2.79. The van der Waals surface area contributed by atoms with Crippen molar-refractivity contribution in [2.24, 2.45) is 5.92 Å².